The molecule has 0 spiro atoms. The first-order chi connectivity index (χ1) is 12.8. The highest BCUT2D eigenvalue weighted by atomic mass is 35.5. The molecule has 140 valence electrons. The van der Waals surface area contributed by atoms with Crippen LogP contribution in [-0.4, -0.2) is 24.2 Å². The SMILES string of the molecule is Cc1nn(C(=O)Nc2ccc(Cl)cc2)c(C)c1CS(=O)(=O)c1ccccc1. The van der Waals surface area contributed by atoms with Gasteiger partial charge in [-0.2, -0.15) is 9.78 Å². The summed E-state index contributed by atoms with van der Waals surface area (Å²) >= 11 is 5.84. The number of anilines is 1. The standard InChI is InChI=1S/C19H18ClN3O3S/c1-13-18(12-27(25,26)17-6-4-3-5-7-17)14(2)23(22-13)19(24)21-16-10-8-15(20)9-11-16/h3-11H,12H2,1-2H3,(H,21,24). The van der Waals surface area contributed by atoms with E-state index in [4.69, 9.17) is 11.6 Å². The molecule has 1 N–H and O–H groups in total. The van der Waals surface area contributed by atoms with E-state index in [0.717, 1.165) is 0 Å². The maximum Gasteiger partial charge on any atom is 0.346 e. The number of aryl methyl sites for hydroxylation is 1. The lowest BCUT2D eigenvalue weighted by atomic mass is 10.2. The van der Waals surface area contributed by atoms with Crippen molar-refractivity contribution in [2.24, 2.45) is 0 Å². The quantitative estimate of drug-likeness (QED) is 0.707. The molecule has 0 aliphatic heterocycles. The Morgan fingerprint density at radius 1 is 1.07 bits per heavy atom. The molecule has 0 saturated heterocycles. The Morgan fingerprint density at radius 3 is 2.33 bits per heavy atom. The first-order valence-corrected chi connectivity index (χ1v) is 10.2. The Labute approximate surface area is 162 Å². The Hall–Kier alpha value is -2.64. The van der Waals surface area contributed by atoms with Crippen molar-refractivity contribution in [2.75, 3.05) is 5.32 Å². The van der Waals surface area contributed by atoms with Crippen LogP contribution in [-0.2, 0) is 15.6 Å². The smallest absolute Gasteiger partial charge is 0.306 e. The van der Waals surface area contributed by atoms with Gasteiger partial charge in [0.15, 0.2) is 9.84 Å². The van der Waals surface area contributed by atoms with Crippen molar-refractivity contribution >= 4 is 33.2 Å². The highest BCUT2D eigenvalue weighted by molar-refractivity contribution is 7.90. The lowest BCUT2D eigenvalue weighted by Crippen LogP contribution is -2.22. The normalized spacial score (nSPS) is 11.4. The van der Waals surface area contributed by atoms with E-state index in [1.165, 1.54) is 4.68 Å². The first-order valence-electron chi connectivity index (χ1n) is 8.18. The van der Waals surface area contributed by atoms with Crippen molar-refractivity contribution in [1.82, 2.24) is 9.78 Å². The number of sulfone groups is 1. The minimum atomic E-state index is -3.53. The zero-order chi connectivity index (χ0) is 19.6. The van der Waals surface area contributed by atoms with Crippen LogP contribution in [0, 0.1) is 13.8 Å². The molecule has 1 aromatic heterocycles. The van der Waals surface area contributed by atoms with E-state index in [9.17, 15) is 13.2 Å². The Balaban J connectivity index is 1.86. The van der Waals surface area contributed by atoms with Crippen LogP contribution in [0.5, 0.6) is 0 Å². The Bertz CT molecular complexity index is 1080. The fourth-order valence-electron chi connectivity index (χ4n) is 2.69. The summed E-state index contributed by atoms with van der Waals surface area (Å²) in [5, 5.41) is 7.49. The molecule has 0 unspecified atom stereocenters. The summed E-state index contributed by atoms with van der Waals surface area (Å²) < 4.78 is 26.5. The van der Waals surface area contributed by atoms with Crippen LogP contribution in [0.25, 0.3) is 0 Å². The van der Waals surface area contributed by atoms with E-state index >= 15 is 0 Å². The van der Waals surface area contributed by atoms with Crippen molar-refractivity contribution in [3.05, 3.63) is 76.6 Å². The molecule has 3 aromatic rings. The molecule has 1 amide bonds. The maximum atomic E-state index is 12.7. The Morgan fingerprint density at radius 2 is 1.70 bits per heavy atom. The van der Waals surface area contributed by atoms with Gasteiger partial charge in [0.25, 0.3) is 0 Å². The predicted molar refractivity (Wildman–Crippen MR) is 105 cm³/mol. The molecule has 0 aliphatic carbocycles. The minimum absolute atomic E-state index is 0.219. The largest absolute Gasteiger partial charge is 0.346 e. The van der Waals surface area contributed by atoms with Gasteiger partial charge >= 0.3 is 6.03 Å². The monoisotopic (exact) mass is 403 g/mol. The average molecular weight is 404 g/mol. The molecular formula is C19H18ClN3O3S. The van der Waals surface area contributed by atoms with E-state index in [0.29, 0.717) is 27.7 Å². The van der Waals surface area contributed by atoms with E-state index in [2.05, 4.69) is 10.4 Å². The van der Waals surface area contributed by atoms with Crippen LogP contribution >= 0.6 is 11.6 Å². The molecule has 8 heteroatoms. The van der Waals surface area contributed by atoms with Crippen molar-refractivity contribution < 1.29 is 13.2 Å². The lowest BCUT2D eigenvalue weighted by Gasteiger charge is -2.08. The maximum absolute atomic E-state index is 12.7. The number of amides is 1. The summed E-state index contributed by atoms with van der Waals surface area (Å²) in [5.41, 5.74) is 2.07. The van der Waals surface area contributed by atoms with Crippen LogP contribution < -0.4 is 5.32 Å². The van der Waals surface area contributed by atoms with E-state index in [1.807, 2.05) is 0 Å². The molecule has 0 atom stereocenters. The van der Waals surface area contributed by atoms with Crippen LogP contribution in [0.1, 0.15) is 17.0 Å². The van der Waals surface area contributed by atoms with Gasteiger partial charge in [-0.1, -0.05) is 29.8 Å². The molecule has 0 saturated carbocycles. The molecule has 1 heterocycles. The van der Waals surface area contributed by atoms with Crippen molar-refractivity contribution in [3.8, 4) is 0 Å². The lowest BCUT2D eigenvalue weighted by molar-refractivity contribution is 0.250. The zero-order valence-electron chi connectivity index (χ0n) is 14.8. The number of aromatic nitrogens is 2. The second kappa shape index (κ2) is 7.54. The van der Waals surface area contributed by atoms with Gasteiger partial charge in [0.1, 0.15) is 0 Å². The fourth-order valence-corrected chi connectivity index (χ4v) is 4.35. The summed E-state index contributed by atoms with van der Waals surface area (Å²) in [5.74, 6) is -0.219. The van der Waals surface area contributed by atoms with E-state index in [1.54, 1.807) is 68.4 Å². The van der Waals surface area contributed by atoms with Gasteiger partial charge in [-0.05, 0) is 50.2 Å². The summed E-state index contributed by atoms with van der Waals surface area (Å²) in [6.45, 7) is 3.37. The molecule has 0 aliphatic rings. The third kappa shape index (κ3) is 4.20. The highest BCUT2D eigenvalue weighted by Gasteiger charge is 2.23. The molecule has 3 rings (SSSR count). The van der Waals surface area contributed by atoms with E-state index < -0.39 is 15.9 Å². The number of rotatable bonds is 4. The summed E-state index contributed by atoms with van der Waals surface area (Å²) in [6.07, 6.45) is 0. The first kappa shape index (κ1) is 19.1. The van der Waals surface area contributed by atoms with Crippen LogP contribution in [0.15, 0.2) is 59.5 Å². The summed E-state index contributed by atoms with van der Waals surface area (Å²) in [6, 6.07) is 14.4. The number of nitrogens with one attached hydrogen (secondary N) is 1. The van der Waals surface area contributed by atoms with Gasteiger partial charge in [0, 0.05) is 16.3 Å². The predicted octanol–water partition coefficient (Wildman–Crippen LogP) is 4.21. The second-order valence-corrected chi connectivity index (χ2v) is 8.50. The molecule has 0 radical (unpaired) electrons. The topological polar surface area (TPSA) is 81.1 Å². The molecule has 27 heavy (non-hydrogen) atoms. The number of hydrogen-bond acceptors (Lipinski definition) is 4. The van der Waals surface area contributed by atoms with Crippen LogP contribution in [0.4, 0.5) is 10.5 Å². The number of carbonyl (C=O) groups is 1. The number of halogens is 1. The second-order valence-electron chi connectivity index (χ2n) is 6.07. The van der Waals surface area contributed by atoms with Gasteiger partial charge in [-0.25, -0.2) is 13.2 Å². The van der Waals surface area contributed by atoms with Crippen LogP contribution in [0.2, 0.25) is 5.02 Å². The number of benzene rings is 2. The number of carbonyl (C=O) groups excluding carboxylic acids is 1. The highest BCUT2D eigenvalue weighted by Crippen LogP contribution is 2.22. The third-order valence-electron chi connectivity index (χ3n) is 4.17. The molecule has 6 nitrogen and oxygen atoms in total. The van der Waals surface area contributed by atoms with Crippen LogP contribution in [0.3, 0.4) is 0 Å². The van der Waals surface area contributed by atoms with E-state index in [-0.39, 0.29) is 10.6 Å². The van der Waals surface area contributed by atoms with Gasteiger partial charge in [0.2, 0.25) is 0 Å². The fraction of sp³-hybridized carbons (Fsp3) is 0.158. The molecular weight excluding hydrogens is 386 g/mol. The minimum Gasteiger partial charge on any atom is -0.306 e. The molecule has 0 bridgehead atoms. The van der Waals surface area contributed by atoms with Gasteiger partial charge in [-0.3, -0.25) is 0 Å². The van der Waals surface area contributed by atoms with Gasteiger partial charge < -0.3 is 5.32 Å². The Kier molecular flexibility index (Phi) is 5.34. The van der Waals surface area contributed by atoms with Crippen molar-refractivity contribution in [3.63, 3.8) is 0 Å². The van der Waals surface area contributed by atoms with Gasteiger partial charge in [-0.15, -0.1) is 0 Å². The summed E-state index contributed by atoms with van der Waals surface area (Å²) in [4.78, 5) is 12.8. The van der Waals surface area contributed by atoms with Crippen molar-refractivity contribution in [1.29, 1.82) is 0 Å². The summed E-state index contributed by atoms with van der Waals surface area (Å²) in [7, 11) is -3.53. The zero-order valence-corrected chi connectivity index (χ0v) is 16.4. The molecule has 0 fully saturated rings. The average Bonchev–Trinajstić information content (AvgIpc) is 2.92. The number of hydrogen-bond donors (Lipinski definition) is 1. The molecule has 2 aromatic carbocycles. The third-order valence-corrected chi connectivity index (χ3v) is 6.08. The van der Waals surface area contributed by atoms with Crippen molar-refractivity contribution in [2.45, 2.75) is 24.5 Å². The number of nitrogens with zero attached hydrogens (tertiary/aromatic N) is 2. The van der Waals surface area contributed by atoms with Gasteiger partial charge in [0.05, 0.1) is 22.0 Å².